The van der Waals surface area contributed by atoms with Crippen LogP contribution in [0.25, 0.3) is 11.4 Å². The number of aryl methyl sites for hydroxylation is 2. The number of rotatable bonds is 3. The summed E-state index contributed by atoms with van der Waals surface area (Å²) in [6, 6.07) is 11.5. The number of amides is 1. The van der Waals surface area contributed by atoms with Gasteiger partial charge in [-0.1, -0.05) is 18.2 Å². The number of benzene rings is 2. The maximum absolute atomic E-state index is 13.4. The molecule has 0 radical (unpaired) electrons. The van der Waals surface area contributed by atoms with E-state index in [4.69, 9.17) is 0 Å². The Morgan fingerprint density at radius 2 is 1.92 bits per heavy atom. The van der Waals surface area contributed by atoms with Crippen LogP contribution in [0.2, 0.25) is 0 Å². The van der Waals surface area contributed by atoms with E-state index in [1.807, 2.05) is 36.7 Å². The monoisotopic (exact) mass is 324 g/mol. The first-order valence-corrected chi connectivity index (χ1v) is 7.49. The van der Waals surface area contributed by atoms with Crippen LogP contribution < -0.4 is 5.32 Å². The van der Waals surface area contributed by atoms with Crippen molar-refractivity contribution in [3.63, 3.8) is 0 Å². The summed E-state index contributed by atoms with van der Waals surface area (Å²) in [5.74, 6) is 0.729. The molecule has 122 valence electrons. The van der Waals surface area contributed by atoms with Crippen molar-refractivity contribution in [3.8, 4) is 11.4 Å². The molecule has 0 bridgehead atoms. The molecule has 6 heteroatoms. The molecule has 0 saturated heterocycles. The van der Waals surface area contributed by atoms with Crippen LogP contribution in [-0.4, -0.2) is 20.7 Å². The van der Waals surface area contributed by atoms with Crippen LogP contribution in [0.15, 0.2) is 42.5 Å². The van der Waals surface area contributed by atoms with Crippen LogP contribution in [0.1, 0.15) is 21.7 Å². The molecule has 24 heavy (non-hydrogen) atoms. The number of halogens is 1. The van der Waals surface area contributed by atoms with Gasteiger partial charge in [-0.3, -0.25) is 4.79 Å². The lowest BCUT2D eigenvalue weighted by atomic mass is 10.1. The molecule has 1 aromatic heterocycles. The Morgan fingerprint density at radius 1 is 1.12 bits per heavy atom. The molecule has 5 nitrogen and oxygen atoms in total. The number of nitrogens with one attached hydrogen (secondary N) is 1. The van der Waals surface area contributed by atoms with E-state index in [0.29, 0.717) is 22.6 Å². The highest BCUT2D eigenvalue weighted by Crippen LogP contribution is 2.22. The Kier molecular flexibility index (Phi) is 4.12. The van der Waals surface area contributed by atoms with Crippen LogP contribution >= 0.6 is 0 Å². The third-order valence-corrected chi connectivity index (χ3v) is 3.92. The molecule has 2 aromatic carbocycles. The van der Waals surface area contributed by atoms with Gasteiger partial charge in [0.2, 0.25) is 0 Å². The van der Waals surface area contributed by atoms with Gasteiger partial charge in [0.05, 0.1) is 0 Å². The van der Waals surface area contributed by atoms with Gasteiger partial charge in [-0.15, -0.1) is 10.2 Å². The van der Waals surface area contributed by atoms with E-state index < -0.39 is 5.82 Å². The first-order chi connectivity index (χ1) is 11.5. The van der Waals surface area contributed by atoms with Gasteiger partial charge < -0.3 is 9.88 Å². The summed E-state index contributed by atoms with van der Waals surface area (Å²) in [4.78, 5) is 12.4. The lowest BCUT2D eigenvalue weighted by Gasteiger charge is -2.09. The van der Waals surface area contributed by atoms with Gasteiger partial charge in [0.1, 0.15) is 11.6 Å². The number of anilines is 1. The lowest BCUT2D eigenvalue weighted by Crippen LogP contribution is -2.13. The van der Waals surface area contributed by atoms with E-state index in [9.17, 15) is 9.18 Å². The SMILES string of the molecule is Cc1ccc(F)cc1C(=O)Nc1cccc(-c2nnc(C)n2C)c1. The molecule has 0 aliphatic rings. The predicted octanol–water partition coefficient (Wildman–Crippen LogP) is 3.49. The van der Waals surface area contributed by atoms with Gasteiger partial charge in [0, 0.05) is 23.9 Å². The van der Waals surface area contributed by atoms with E-state index in [2.05, 4.69) is 15.5 Å². The van der Waals surface area contributed by atoms with Crippen molar-refractivity contribution in [3.05, 3.63) is 65.2 Å². The first-order valence-electron chi connectivity index (χ1n) is 7.49. The molecule has 0 aliphatic carbocycles. The summed E-state index contributed by atoms with van der Waals surface area (Å²) < 4.78 is 15.3. The lowest BCUT2D eigenvalue weighted by molar-refractivity contribution is 0.102. The van der Waals surface area contributed by atoms with E-state index in [-0.39, 0.29) is 5.91 Å². The van der Waals surface area contributed by atoms with Crippen molar-refractivity contribution in [1.29, 1.82) is 0 Å². The zero-order valence-electron chi connectivity index (χ0n) is 13.7. The van der Waals surface area contributed by atoms with Crippen LogP contribution in [0, 0.1) is 19.7 Å². The van der Waals surface area contributed by atoms with Gasteiger partial charge >= 0.3 is 0 Å². The Labute approximate surface area is 139 Å². The van der Waals surface area contributed by atoms with E-state index in [1.165, 1.54) is 12.1 Å². The molecule has 0 saturated carbocycles. The minimum atomic E-state index is -0.436. The number of nitrogens with zero attached hydrogens (tertiary/aromatic N) is 3. The molecule has 0 atom stereocenters. The van der Waals surface area contributed by atoms with Crippen molar-refractivity contribution in [2.24, 2.45) is 7.05 Å². The smallest absolute Gasteiger partial charge is 0.256 e. The average Bonchev–Trinajstić information content (AvgIpc) is 2.89. The fourth-order valence-electron chi connectivity index (χ4n) is 2.43. The van der Waals surface area contributed by atoms with Crippen LogP contribution in [0.5, 0.6) is 0 Å². The molecule has 3 aromatic rings. The zero-order valence-corrected chi connectivity index (χ0v) is 13.7. The Balaban J connectivity index is 1.88. The third kappa shape index (κ3) is 3.03. The summed E-state index contributed by atoms with van der Waals surface area (Å²) in [5.41, 5.74) is 2.48. The Morgan fingerprint density at radius 3 is 2.62 bits per heavy atom. The minimum Gasteiger partial charge on any atom is -0.322 e. The van der Waals surface area contributed by atoms with Gasteiger partial charge in [-0.25, -0.2) is 4.39 Å². The quantitative estimate of drug-likeness (QED) is 0.802. The summed E-state index contributed by atoms with van der Waals surface area (Å²) in [6.07, 6.45) is 0. The molecule has 1 N–H and O–H groups in total. The highest BCUT2D eigenvalue weighted by Gasteiger charge is 2.12. The fraction of sp³-hybridized carbons (Fsp3) is 0.167. The number of carbonyl (C=O) groups excluding carboxylic acids is 1. The molecular formula is C18H17FN4O. The summed E-state index contributed by atoms with van der Waals surface area (Å²) in [7, 11) is 1.88. The first kappa shape index (κ1) is 15.9. The average molecular weight is 324 g/mol. The predicted molar refractivity (Wildman–Crippen MR) is 90.3 cm³/mol. The molecule has 1 amide bonds. The van der Waals surface area contributed by atoms with Crippen molar-refractivity contribution >= 4 is 11.6 Å². The van der Waals surface area contributed by atoms with E-state index in [0.717, 1.165) is 11.4 Å². The van der Waals surface area contributed by atoms with Crippen molar-refractivity contribution in [1.82, 2.24) is 14.8 Å². The normalized spacial score (nSPS) is 10.7. The van der Waals surface area contributed by atoms with Crippen LogP contribution in [-0.2, 0) is 7.05 Å². The Hall–Kier alpha value is -3.02. The second-order valence-electron chi connectivity index (χ2n) is 5.62. The van der Waals surface area contributed by atoms with Gasteiger partial charge in [0.15, 0.2) is 5.82 Å². The van der Waals surface area contributed by atoms with Crippen molar-refractivity contribution in [2.45, 2.75) is 13.8 Å². The number of hydrogen-bond acceptors (Lipinski definition) is 3. The second kappa shape index (κ2) is 6.23. The van der Waals surface area contributed by atoms with Gasteiger partial charge in [0.25, 0.3) is 5.91 Å². The standard InChI is InChI=1S/C18H17FN4O/c1-11-7-8-14(19)10-16(11)18(24)20-15-6-4-5-13(9-15)17-22-21-12(2)23(17)3/h4-10H,1-3H3,(H,20,24). The van der Waals surface area contributed by atoms with Gasteiger partial charge in [-0.05, 0) is 43.7 Å². The van der Waals surface area contributed by atoms with Crippen LogP contribution in [0.4, 0.5) is 10.1 Å². The summed E-state index contributed by atoms with van der Waals surface area (Å²) >= 11 is 0. The largest absolute Gasteiger partial charge is 0.322 e. The fourth-order valence-corrected chi connectivity index (χ4v) is 2.43. The third-order valence-electron chi connectivity index (χ3n) is 3.92. The molecular weight excluding hydrogens is 307 g/mol. The second-order valence-corrected chi connectivity index (χ2v) is 5.62. The number of aromatic nitrogens is 3. The highest BCUT2D eigenvalue weighted by atomic mass is 19.1. The van der Waals surface area contributed by atoms with Crippen molar-refractivity contribution in [2.75, 3.05) is 5.32 Å². The molecule has 1 heterocycles. The van der Waals surface area contributed by atoms with Crippen LogP contribution in [0.3, 0.4) is 0 Å². The zero-order chi connectivity index (χ0) is 17.3. The number of hydrogen-bond donors (Lipinski definition) is 1. The maximum Gasteiger partial charge on any atom is 0.256 e. The molecule has 3 rings (SSSR count). The van der Waals surface area contributed by atoms with Gasteiger partial charge in [-0.2, -0.15) is 0 Å². The number of carbonyl (C=O) groups is 1. The van der Waals surface area contributed by atoms with E-state index >= 15 is 0 Å². The molecule has 0 fully saturated rings. The molecule has 0 unspecified atom stereocenters. The summed E-state index contributed by atoms with van der Waals surface area (Å²) in [6.45, 7) is 3.64. The van der Waals surface area contributed by atoms with E-state index in [1.54, 1.807) is 19.1 Å². The topological polar surface area (TPSA) is 59.8 Å². The molecule has 0 spiro atoms. The Bertz CT molecular complexity index is 917. The highest BCUT2D eigenvalue weighted by molar-refractivity contribution is 6.05. The molecule has 0 aliphatic heterocycles. The minimum absolute atomic E-state index is 0.315. The maximum atomic E-state index is 13.4. The summed E-state index contributed by atoms with van der Waals surface area (Å²) in [5, 5.41) is 11.0. The van der Waals surface area contributed by atoms with Crippen molar-refractivity contribution < 1.29 is 9.18 Å².